The molecule has 0 radical (unpaired) electrons. The maximum absolute atomic E-state index is 13.1. The highest BCUT2D eigenvalue weighted by atomic mass is 19.1. The Labute approximate surface area is 75.8 Å². The van der Waals surface area contributed by atoms with Crippen LogP contribution in [-0.4, -0.2) is 4.98 Å². The molecule has 1 rings (SSSR count). The molecule has 1 heterocycles. The molecule has 2 N–H and O–H groups in total. The summed E-state index contributed by atoms with van der Waals surface area (Å²) in [5, 5.41) is 0. The highest BCUT2D eigenvalue weighted by molar-refractivity contribution is 5.19. The van der Waals surface area contributed by atoms with Crippen LogP contribution in [0.15, 0.2) is 12.4 Å². The smallest absolute Gasteiger partial charge is 0.149 e. The highest BCUT2D eigenvalue weighted by Gasteiger charge is 2.19. The largest absolute Gasteiger partial charge is 0.324 e. The van der Waals surface area contributed by atoms with Crippen molar-refractivity contribution in [3.05, 3.63) is 29.6 Å². The first kappa shape index (κ1) is 10.1. The monoisotopic (exact) mass is 186 g/mol. The Morgan fingerprint density at radius 2 is 1.69 bits per heavy atom. The van der Waals surface area contributed by atoms with Gasteiger partial charge in [0, 0.05) is 11.6 Å². The number of pyridine rings is 1. The van der Waals surface area contributed by atoms with Crippen molar-refractivity contribution in [2.45, 2.75) is 19.9 Å². The van der Waals surface area contributed by atoms with Crippen LogP contribution in [0.3, 0.4) is 0 Å². The summed E-state index contributed by atoms with van der Waals surface area (Å²) >= 11 is 0. The molecule has 0 aliphatic heterocycles. The maximum Gasteiger partial charge on any atom is 0.149 e. The number of halogens is 2. The van der Waals surface area contributed by atoms with E-state index in [0.717, 1.165) is 12.4 Å². The Morgan fingerprint density at radius 1 is 1.23 bits per heavy atom. The Balaban J connectivity index is 3.12. The molecule has 1 aromatic heterocycles. The Kier molecular flexibility index (Phi) is 2.93. The molecule has 72 valence electrons. The molecule has 0 aliphatic rings. The lowest BCUT2D eigenvalue weighted by molar-refractivity contribution is 0.451. The summed E-state index contributed by atoms with van der Waals surface area (Å²) in [6, 6.07) is -0.622. The predicted molar refractivity (Wildman–Crippen MR) is 45.9 cm³/mol. The second-order valence-electron chi connectivity index (χ2n) is 3.29. The van der Waals surface area contributed by atoms with Crippen molar-refractivity contribution in [1.82, 2.24) is 4.98 Å². The van der Waals surface area contributed by atoms with Gasteiger partial charge in [0.15, 0.2) is 0 Å². The van der Waals surface area contributed by atoms with Crippen LogP contribution >= 0.6 is 0 Å². The number of hydrogen-bond donors (Lipinski definition) is 1. The zero-order valence-electron chi connectivity index (χ0n) is 7.59. The van der Waals surface area contributed by atoms with Gasteiger partial charge in [-0.25, -0.2) is 8.78 Å². The van der Waals surface area contributed by atoms with E-state index in [1.54, 1.807) is 0 Å². The molecule has 0 spiro atoms. The lowest BCUT2D eigenvalue weighted by Crippen LogP contribution is -2.20. The van der Waals surface area contributed by atoms with Crippen molar-refractivity contribution in [1.29, 1.82) is 0 Å². The molecule has 0 aromatic carbocycles. The van der Waals surface area contributed by atoms with Gasteiger partial charge in [-0.1, -0.05) is 13.8 Å². The number of nitrogens with zero attached hydrogens (tertiary/aromatic N) is 1. The van der Waals surface area contributed by atoms with Gasteiger partial charge in [-0.05, 0) is 5.92 Å². The number of hydrogen-bond acceptors (Lipinski definition) is 2. The minimum absolute atomic E-state index is 0.00796. The van der Waals surface area contributed by atoms with Crippen molar-refractivity contribution in [3.8, 4) is 0 Å². The van der Waals surface area contributed by atoms with Crippen LogP contribution in [0.25, 0.3) is 0 Å². The molecular weight excluding hydrogens is 174 g/mol. The van der Waals surface area contributed by atoms with Crippen LogP contribution in [0.2, 0.25) is 0 Å². The summed E-state index contributed by atoms with van der Waals surface area (Å²) < 4.78 is 26.2. The predicted octanol–water partition coefficient (Wildman–Crippen LogP) is 2.02. The third kappa shape index (κ3) is 2.01. The first-order chi connectivity index (χ1) is 6.04. The lowest BCUT2D eigenvalue weighted by Gasteiger charge is -2.16. The van der Waals surface area contributed by atoms with Gasteiger partial charge in [0.2, 0.25) is 0 Å². The molecule has 0 saturated heterocycles. The zero-order chi connectivity index (χ0) is 10.0. The summed E-state index contributed by atoms with van der Waals surface area (Å²) in [4.78, 5) is 3.38. The fraction of sp³-hybridized carbons (Fsp3) is 0.444. The Morgan fingerprint density at radius 3 is 2.08 bits per heavy atom. The number of nitrogens with two attached hydrogens (primary N) is 1. The van der Waals surface area contributed by atoms with Crippen LogP contribution in [0.5, 0.6) is 0 Å². The zero-order valence-corrected chi connectivity index (χ0v) is 7.59. The van der Waals surface area contributed by atoms with Gasteiger partial charge < -0.3 is 5.73 Å². The first-order valence-corrected chi connectivity index (χ1v) is 4.08. The SMILES string of the molecule is CC(C)[C@@H](N)c1c(F)cncc1F. The van der Waals surface area contributed by atoms with Crippen LogP contribution in [0.4, 0.5) is 8.78 Å². The van der Waals surface area contributed by atoms with E-state index in [0.29, 0.717) is 0 Å². The Bertz CT molecular complexity index is 279. The van der Waals surface area contributed by atoms with E-state index in [2.05, 4.69) is 4.98 Å². The maximum atomic E-state index is 13.1. The number of rotatable bonds is 2. The van der Waals surface area contributed by atoms with Gasteiger partial charge in [0.05, 0.1) is 12.4 Å². The summed E-state index contributed by atoms with van der Waals surface area (Å²) in [5.74, 6) is -1.37. The van der Waals surface area contributed by atoms with Crippen molar-refractivity contribution in [3.63, 3.8) is 0 Å². The molecule has 0 fully saturated rings. The van der Waals surface area contributed by atoms with Gasteiger partial charge in [-0.2, -0.15) is 0 Å². The molecule has 0 saturated carbocycles. The standard InChI is InChI=1S/C9H12F2N2/c1-5(2)9(12)8-6(10)3-13-4-7(8)11/h3-5,9H,12H2,1-2H3/t9-/m1/s1. The molecular formula is C9H12F2N2. The van der Waals surface area contributed by atoms with Crippen molar-refractivity contribution in [2.24, 2.45) is 11.7 Å². The summed E-state index contributed by atoms with van der Waals surface area (Å²) in [5.41, 5.74) is 5.55. The van der Waals surface area contributed by atoms with Crippen molar-refractivity contribution >= 4 is 0 Å². The molecule has 0 bridgehead atoms. The lowest BCUT2D eigenvalue weighted by atomic mass is 9.97. The molecule has 4 heteroatoms. The highest BCUT2D eigenvalue weighted by Crippen LogP contribution is 2.23. The van der Waals surface area contributed by atoms with Crippen molar-refractivity contribution in [2.75, 3.05) is 0 Å². The van der Waals surface area contributed by atoms with Crippen LogP contribution in [-0.2, 0) is 0 Å². The average molecular weight is 186 g/mol. The third-order valence-electron chi connectivity index (χ3n) is 1.94. The summed E-state index contributed by atoms with van der Waals surface area (Å²) in [7, 11) is 0. The molecule has 0 unspecified atom stereocenters. The van der Waals surface area contributed by atoms with Crippen LogP contribution in [0.1, 0.15) is 25.5 Å². The molecule has 0 aliphatic carbocycles. The van der Waals surface area contributed by atoms with E-state index in [1.807, 2.05) is 13.8 Å². The van der Waals surface area contributed by atoms with E-state index in [-0.39, 0.29) is 11.5 Å². The molecule has 1 atom stereocenters. The summed E-state index contributed by atoms with van der Waals surface area (Å²) in [6.45, 7) is 3.62. The topological polar surface area (TPSA) is 38.9 Å². The normalized spacial score (nSPS) is 13.4. The van der Waals surface area contributed by atoms with E-state index >= 15 is 0 Å². The van der Waals surface area contributed by atoms with Crippen LogP contribution in [0, 0.1) is 17.6 Å². The van der Waals surface area contributed by atoms with E-state index in [9.17, 15) is 8.78 Å². The second-order valence-corrected chi connectivity index (χ2v) is 3.29. The average Bonchev–Trinajstić information content (AvgIpc) is 2.03. The van der Waals surface area contributed by atoms with E-state index < -0.39 is 17.7 Å². The minimum atomic E-state index is -0.679. The van der Waals surface area contributed by atoms with Crippen LogP contribution < -0.4 is 5.73 Å². The van der Waals surface area contributed by atoms with E-state index in [1.165, 1.54) is 0 Å². The molecule has 1 aromatic rings. The Hall–Kier alpha value is -1.03. The second kappa shape index (κ2) is 3.79. The fourth-order valence-corrected chi connectivity index (χ4v) is 1.07. The minimum Gasteiger partial charge on any atom is -0.324 e. The fourth-order valence-electron chi connectivity index (χ4n) is 1.07. The van der Waals surface area contributed by atoms with Crippen molar-refractivity contribution < 1.29 is 8.78 Å². The van der Waals surface area contributed by atoms with E-state index in [4.69, 9.17) is 5.73 Å². The van der Waals surface area contributed by atoms with Gasteiger partial charge in [0.1, 0.15) is 11.6 Å². The van der Waals surface area contributed by atoms with Gasteiger partial charge >= 0.3 is 0 Å². The first-order valence-electron chi connectivity index (χ1n) is 4.08. The molecule has 0 amide bonds. The molecule has 2 nitrogen and oxygen atoms in total. The third-order valence-corrected chi connectivity index (χ3v) is 1.94. The number of aromatic nitrogens is 1. The van der Waals surface area contributed by atoms with Gasteiger partial charge in [0.25, 0.3) is 0 Å². The quantitative estimate of drug-likeness (QED) is 0.767. The van der Waals surface area contributed by atoms with Gasteiger partial charge in [-0.15, -0.1) is 0 Å². The van der Waals surface area contributed by atoms with Gasteiger partial charge in [-0.3, -0.25) is 4.98 Å². The summed E-state index contributed by atoms with van der Waals surface area (Å²) in [6.07, 6.45) is 1.95. The molecule has 13 heavy (non-hydrogen) atoms.